The van der Waals surface area contributed by atoms with Crippen molar-refractivity contribution in [1.29, 1.82) is 0 Å². The topological polar surface area (TPSA) is 49.4 Å². The lowest BCUT2D eigenvalue weighted by Crippen LogP contribution is -2.39. The van der Waals surface area contributed by atoms with Crippen molar-refractivity contribution < 1.29 is 9.59 Å². The van der Waals surface area contributed by atoms with E-state index in [1.54, 1.807) is 17.4 Å². The number of nitrogens with zero attached hydrogens (tertiary/aromatic N) is 1. The average Bonchev–Trinajstić information content (AvgIpc) is 3.07. The molecule has 0 aliphatic heterocycles. The van der Waals surface area contributed by atoms with Gasteiger partial charge in [0.15, 0.2) is 0 Å². The fraction of sp³-hybridized carbons (Fsp3) is 0.263. The Morgan fingerprint density at radius 3 is 2.72 bits per heavy atom. The second kappa shape index (κ2) is 9.39. The second-order valence-corrected chi connectivity index (χ2v) is 6.90. The van der Waals surface area contributed by atoms with Crippen LogP contribution in [0.1, 0.15) is 18.7 Å². The molecule has 1 aromatic heterocycles. The van der Waals surface area contributed by atoms with Gasteiger partial charge in [0.25, 0.3) is 0 Å². The zero-order valence-corrected chi connectivity index (χ0v) is 15.9. The number of thiophene rings is 1. The van der Waals surface area contributed by atoms with Crippen molar-refractivity contribution in [3.63, 3.8) is 0 Å². The summed E-state index contributed by atoms with van der Waals surface area (Å²) in [5.74, 6) is -0.322. The first kappa shape index (κ1) is 19.2. The predicted octanol–water partition coefficient (Wildman–Crippen LogP) is 4.07. The van der Waals surface area contributed by atoms with Gasteiger partial charge in [-0.25, -0.2) is 0 Å². The molecule has 25 heavy (non-hydrogen) atoms. The maximum Gasteiger partial charge on any atom is 0.247 e. The highest BCUT2D eigenvalue weighted by atomic mass is 35.5. The Bertz CT molecular complexity index is 770. The lowest BCUT2D eigenvalue weighted by Gasteiger charge is -2.18. The minimum absolute atomic E-state index is 0.0751. The molecule has 0 radical (unpaired) electrons. The normalized spacial score (nSPS) is 10.8. The van der Waals surface area contributed by atoms with Crippen LogP contribution in [-0.2, 0) is 9.59 Å². The fourth-order valence-corrected chi connectivity index (χ4v) is 3.37. The number of benzene rings is 1. The summed E-state index contributed by atoms with van der Waals surface area (Å²) in [6.45, 7) is 4.82. The van der Waals surface area contributed by atoms with E-state index >= 15 is 0 Å². The lowest BCUT2D eigenvalue weighted by molar-refractivity contribution is -0.132. The lowest BCUT2D eigenvalue weighted by atomic mass is 10.2. The van der Waals surface area contributed by atoms with E-state index in [1.165, 1.54) is 11.0 Å². The summed E-state index contributed by atoms with van der Waals surface area (Å²) in [5, 5.41) is 3.40. The van der Waals surface area contributed by atoms with Crippen LogP contribution in [0.5, 0.6) is 0 Å². The summed E-state index contributed by atoms with van der Waals surface area (Å²) in [6, 6.07) is 11.6. The summed E-state index contributed by atoms with van der Waals surface area (Å²) < 4.78 is 0. The molecular weight excluding hydrogens is 356 g/mol. The van der Waals surface area contributed by atoms with E-state index in [2.05, 4.69) is 5.32 Å². The molecule has 2 amide bonds. The molecule has 1 aromatic carbocycles. The van der Waals surface area contributed by atoms with Gasteiger partial charge in [-0.3, -0.25) is 9.59 Å². The van der Waals surface area contributed by atoms with Crippen molar-refractivity contribution in [3.05, 3.63) is 52.4 Å². The summed E-state index contributed by atoms with van der Waals surface area (Å²) in [5.41, 5.74) is 1.05. The van der Waals surface area contributed by atoms with Gasteiger partial charge in [-0.05, 0) is 49.8 Å². The first-order valence-electron chi connectivity index (χ1n) is 8.13. The highest BCUT2D eigenvalue weighted by Crippen LogP contribution is 2.30. The van der Waals surface area contributed by atoms with Crippen LogP contribution in [-0.4, -0.2) is 36.3 Å². The van der Waals surface area contributed by atoms with Crippen LogP contribution in [0.2, 0.25) is 5.02 Å². The summed E-state index contributed by atoms with van der Waals surface area (Å²) >= 11 is 7.61. The van der Waals surface area contributed by atoms with Gasteiger partial charge in [-0.1, -0.05) is 23.7 Å². The molecule has 0 saturated carbocycles. The largest absolute Gasteiger partial charge is 0.355 e. The molecule has 1 N–H and O–H groups in total. The molecule has 4 nitrogen and oxygen atoms in total. The number of rotatable bonds is 7. The minimum atomic E-state index is -0.175. The molecule has 0 unspecified atom stereocenters. The molecule has 0 aliphatic carbocycles. The Labute approximate surface area is 157 Å². The molecule has 1 heterocycles. The number of carbonyl (C=O) groups is 2. The van der Waals surface area contributed by atoms with Gasteiger partial charge < -0.3 is 10.2 Å². The predicted molar refractivity (Wildman–Crippen MR) is 105 cm³/mol. The van der Waals surface area contributed by atoms with E-state index in [4.69, 9.17) is 11.6 Å². The number of halogens is 1. The van der Waals surface area contributed by atoms with Crippen molar-refractivity contribution in [1.82, 2.24) is 10.2 Å². The van der Waals surface area contributed by atoms with Gasteiger partial charge in [-0.2, -0.15) is 0 Å². The molecule has 132 valence electrons. The number of amides is 2. The SMILES string of the molecule is CCNC(=O)CN(CC)C(=O)/C=C/c1ccc(-c2cccc(Cl)c2)s1. The molecule has 0 spiro atoms. The van der Waals surface area contributed by atoms with Gasteiger partial charge >= 0.3 is 0 Å². The van der Waals surface area contributed by atoms with Crippen LogP contribution in [0, 0.1) is 0 Å². The Balaban J connectivity index is 2.03. The van der Waals surface area contributed by atoms with E-state index in [0.29, 0.717) is 18.1 Å². The molecule has 0 saturated heterocycles. The standard InChI is InChI=1S/C19H21ClN2O2S/c1-3-21-18(23)13-22(4-2)19(24)11-9-16-8-10-17(25-16)14-6-5-7-15(20)12-14/h5-12H,3-4,13H2,1-2H3,(H,21,23)/b11-9+. The Morgan fingerprint density at radius 2 is 2.04 bits per heavy atom. The van der Waals surface area contributed by atoms with E-state index in [1.807, 2.05) is 50.2 Å². The van der Waals surface area contributed by atoms with Gasteiger partial charge in [0.1, 0.15) is 0 Å². The van der Waals surface area contributed by atoms with E-state index < -0.39 is 0 Å². The second-order valence-electron chi connectivity index (χ2n) is 5.35. The van der Waals surface area contributed by atoms with Crippen LogP contribution in [0.15, 0.2) is 42.5 Å². The van der Waals surface area contributed by atoms with Crippen LogP contribution >= 0.6 is 22.9 Å². The summed E-state index contributed by atoms with van der Waals surface area (Å²) in [6.07, 6.45) is 3.29. The third kappa shape index (κ3) is 5.73. The molecule has 2 rings (SSSR count). The number of carbonyl (C=O) groups excluding carboxylic acids is 2. The maximum atomic E-state index is 12.3. The molecular formula is C19H21ClN2O2S. The van der Waals surface area contributed by atoms with Gasteiger partial charge in [0, 0.05) is 33.9 Å². The number of nitrogens with one attached hydrogen (secondary N) is 1. The summed E-state index contributed by atoms with van der Waals surface area (Å²) in [7, 11) is 0. The summed E-state index contributed by atoms with van der Waals surface area (Å²) in [4.78, 5) is 27.5. The van der Waals surface area contributed by atoms with Crippen molar-refractivity contribution in [2.24, 2.45) is 0 Å². The Hall–Kier alpha value is -2.11. The zero-order chi connectivity index (χ0) is 18.2. The van der Waals surface area contributed by atoms with E-state index in [0.717, 1.165) is 15.3 Å². The van der Waals surface area contributed by atoms with Crippen molar-refractivity contribution in [3.8, 4) is 10.4 Å². The minimum Gasteiger partial charge on any atom is -0.355 e. The van der Waals surface area contributed by atoms with Crippen molar-refractivity contribution >= 4 is 40.8 Å². The van der Waals surface area contributed by atoms with E-state index in [9.17, 15) is 9.59 Å². The Kier molecular flexibility index (Phi) is 7.22. The third-order valence-electron chi connectivity index (χ3n) is 3.53. The zero-order valence-electron chi connectivity index (χ0n) is 14.3. The van der Waals surface area contributed by atoms with Crippen molar-refractivity contribution in [2.45, 2.75) is 13.8 Å². The highest BCUT2D eigenvalue weighted by molar-refractivity contribution is 7.16. The van der Waals surface area contributed by atoms with Crippen LogP contribution in [0.4, 0.5) is 0 Å². The molecule has 0 atom stereocenters. The van der Waals surface area contributed by atoms with Crippen LogP contribution < -0.4 is 5.32 Å². The number of hydrogen-bond acceptors (Lipinski definition) is 3. The van der Waals surface area contributed by atoms with Crippen molar-refractivity contribution in [2.75, 3.05) is 19.6 Å². The van der Waals surface area contributed by atoms with Crippen LogP contribution in [0.3, 0.4) is 0 Å². The maximum absolute atomic E-state index is 12.3. The number of hydrogen-bond donors (Lipinski definition) is 1. The third-order valence-corrected chi connectivity index (χ3v) is 4.86. The smallest absolute Gasteiger partial charge is 0.247 e. The Morgan fingerprint density at radius 1 is 1.24 bits per heavy atom. The average molecular weight is 377 g/mol. The molecule has 0 fully saturated rings. The first-order valence-corrected chi connectivity index (χ1v) is 9.32. The molecule has 6 heteroatoms. The fourth-order valence-electron chi connectivity index (χ4n) is 2.27. The quantitative estimate of drug-likeness (QED) is 0.740. The van der Waals surface area contributed by atoms with Crippen LogP contribution in [0.25, 0.3) is 16.5 Å². The van der Waals surface area contributed by atoms with Gasteiger partial charge in [0.05, 0.1) is 6.54 Å². The number of likely N-dealkylation sites (N-methyl/N-ethyl adjacent to an activating group) is 2. The molecule has 0 bridgehead atoms. The van der Waals surface area contributed by atoms with Gasteiger partial charge in [-0.15, -0.1) is 11.3 Å². The highest BCUT2D eigenvalue weighted by Gasteiger charge is 2.12. The monoisotopic (exact) mass is 376 g/mol. The van der Waals surface area contributed by atoms with E-state index in [-0.39, 0.29) is 18.4 Å². The molecule has 0 aliphatic rings. The first-order chi connectivity index (χ1) is 12.0. The molecule has 2 aromatic rings. The van der Waals surface area contributed by atoms with Gasteiger partial charge in [0.2, 0.25) is 11.8 Å².